The van der Waals surface area contributed by atoms with Crippen LogP contribution in [-0.2, 0) is 10.0 Å². The van der Waals surface area contributed by atoms with Crippen LogP contribution in [0.4, 0.5) is 4.79 Å². The van der Waals surface area contributed by atoms with Crippen molar-refractivity contribution in [3.63, 3.8) is 0 Å². The van der Waals surface area contributed by atoms with E-state index in [2.05, 4.69) is 17.2 Å². The lowest BCUT2D eigenvalue weighted by Gasteiger charge is -2.37. The van der Waals surface area contributed by atoms with Gasteiger partial charge >= 0.3 is 6.03 Å². The highest BCUT2D eigenvalue weighted by molar-refractivity contribution is 7.89. The van der Waals surface area contributed by atoms with E-state index in [-0.39, 0.29) is 42.3 Å². The van der Waals surface area contributed by atoms with E-state index in [0.29, 0.717) is 12.1 Å². The van der Waals surface area contributed by atoms with E-state index in [4.69, 9.17) is 4.74 Å². The molecule has 1 heterocycles. The van der Waals surface area contributed by atoms with E-state index in [1.807, 2.05) is 13.8 Å². The Kier molecular flexibility index (Phi) is 9.55. The van der Waals surface area contributed by atoms with Crippen molar-refractivity contribution < 1.29 is 28.2 Å². The Labute approximate surface area is 196 Å². The van der Waals surface area contributed by atoms with E-state index in [0.717, 1.165) is 6.42 Å². The number of aliphatic hydroxyl groups excluding tert-OH is 2. The molecule has 2 amide bonds. The summed E-state index contributed by atoms with van der Waals surface area (Å²) in [6, 6.07) is 3.65. The number of likely N-dealkylation sites (N-methyl/N-ethyl adjacent to an activating group) is 1. The molecule has 1 aliphatic heterocycles. The largest absolute Gasteiger partial charge is 0.487 e. The molecule has 9 nitrogen and oxygen atoms in total. The Morgan fingerprint density at radius 3 is 2.70 bits per heavy atom. The highest BCUT2D eigenvalue weighted by Gasteiger charge is 2.38. The Balaban J connectivity index is 2.51. The average Bonchev–Trinajstić information content (AvgIpc) is 2.77. The monoisotopic (exact) mass is 481 g/mol. The second kappa shape index (κ2) is 11.7. The van der Waals surface area contributed by atoms with Gasteiger partial charge in [0.2, 0.25) is 10.0 Å². The molecule has 0 fully saturated rings. The summed E-state index contributed by atoms with van der Waals surface area (Å²) < 4.78 is 34.4. The number of fused-ring (bicyclic) bond motifs is 1. The number of hydrogen-bond donors (Lipinski definition) is 3. The van der Waals surface area contributed by atoms with Crippen LogP contribution in [0.15, 0.2) is 23.1 Å². The van der Waals surface area contributed by atoms with Gasteiger partial charge in [0.05, 0.1) is 13.2 Å². The molecule has 0 unspecified atom stereocenters. The standard InChI is InChI=1S/C23H35N3O6S/c1-6-11-24-23(29)25(5)14-21-16(2)13-26(17(3)15-27)33(30,31)22-10-9-19(8-7-18(4)28)12-20(22)32-21/h9-10,12,16-18,21,27-28H,6,11,13-15H2,1-5H3,(H,24,29)/t16-,17-,18-,21+/m1/s1. The molecule has 0 radical (unpaired) electrons. The Hall–Kier alpha value is -2.32. The normalized spacial score (nSPS) is 21.8. The number of nitrogens with zero attached hydrogens (tertiary/aromatic N) is 2. The number of nitrogens with one attached hydrogen (secondary N) is 1. The Morgan fingerprint density at radius 1 is 1.39 bits per heavy atom. The van der Waals surface area contributed by atoms with E-state index < -0.39 is 28.3 Å². The minimum absolute atomic E-state index is 0.0274. The van der Waals surface area contributed by atoms with Gasteiger partial charge in [0.25, 0.3) is 0 Å². The summed E-state index contributed by atoms with van der Waals surface area (Å²) in [5.41, 5.74) is 0.493. The molecule has 10 heteroatoms. The second-order valence-corrected chi connectivity index (χ2v) is 10.3. The van der Waals surface area contributed by atoms with Crippen LogP contribution in [-0.4, -0.2) is 85.4 Å². The molecule has 1 aliphatic rings. The maximum atomic E-state index is 13.4. The summed E-state index contributed by atoms with van der Waals surface area (Å²) in [6.45, 7) is 7.59. The molecule has 184 valence electrons. The number of carbonyl (C=O) groups excluding carboxylic acids is 1. The van der Waals surface area contributed by atoms with Gasteiger partial charge in [0.15, 0.2) is 0 Å². The van der Waals surface area contributed by atoms with Crippen LogP contribution in [0.25, 0.3) is 0 Å². The fourth-order valence-corrected chi connectivity index (χ4v) is 5.25. The molecule has 0 spiro atoms. The number of ether oxygens (including phenoxy) is 1. The lowest BCUT2D eigenvalue weighted by atomic mass is 10.0. The van der Waals surface area contributed by atoms with Crippen molar-refractivity contribution in [3.05, 3.63) is 23.8 Å². The third kappa shape index (κ3) is 6.84. The Bertz CT molecular complexity index is 986. The lowest BCUT2D eigenvalue weighted by molar-refractivity contribution is 0.0812. The van der Waals surface area contributed by atoms with Crippen LogP contribution in [0, 0.1) is 17.8 Å². The van der Waals surface area contributed by atoms with Crippen LogP contribution in [0.3, 0.4) is 0 Å². The molecular weight excluding hydrogens is 446 g/mol. The van der Waals surface area contributed by atoms with Crippen molar-refractivity contribution in [2.24, 2.45) is 5.92 Å². The minimum atomic E-state index is -3.96. The summed E-state index contributed by atoms with van der Waals surface area (Å²) in [5, 5.41) is 22.0. The summed E-state index contributed by atoms with van der Waals surface area (Å²) in [5.74, 6) is 5.29. The summed E-state index contributed by atoms with van der Waals surface area (Å²) in [7, 11) is -2.29. The maximum absolute atomic E-state index is 13.4. The van der Waals surface area contributed by atoms with Crippen LogP contribution in [0.5, 0.6) is 5.75 Å². The second-order valence-electron chi connectivity index (χ2n) is 8.46. The number of benzene rings is 1. The lowest BCUT2D eigenvalue weighted by Crippen LogP contribution is -2.51. The van der Waals surface area contributed by atoms with E-state index >= 15 is 0 Å². The highest BCUT2D eigenvalue weighted by atomic mass is 32.2. The number of carbonyl (C=O) groups is 1. The number of sulfonamides is 1. The topological polar surface area (TPSA) is 119 Å². The van der Waals surface area contributed by atoms with Gasteiger partial charge in [-0.3, -0.25) is 0 Å². The SMILES string of the molecule is CCCNC(=O)N(C)C[C@@H]1Oc2cc(C#C[C@@H](C)O)ccc2S(=O)(=O)N([C@H](C)CO)C[C@H]1C. The summed E-state index contributed by atoms with van der Waals surface area (Å²) in [6.07, 6.45) is -0.531. The number of aliphatic hydroxyl groups is 2. The average molecular weight is 482 g/mol. The molecule has 1 aromatic carbocycles. The van der Waals surface area contributed by atoms with Crippen LogP contribution < -0.4 is 10.1 Å². The first-order valence-corrected chi connectivity index (χ1v) is 12.6. The first-order valence-electron chi connectivity index (χ1n) is 11.1. The Morgan fingerprint density at radius 2 is 2.09 bits per heavy atom. The first-order chi connectivity index (χ1) is 15.5. The third-order valence-corrected chi connectivity index (χ3v) is 7.44. The van der Waals surface area contributed by atoms with Gasteiger partial charge in [0.1, 0.15) is 22.9 Å². The van der Waals surface area contributed by atoms with Crippen molar-refractivity contribution >= 4 is 16.1 Å². The van der Waals surface area contributed by atoms with Crippen LogP contribution in [0.2, 0.25) is 0 Å². The smallest absolute Gasteiger partial charge is 0.317 e. The molecule has 0 aromatic heterocycles. The molecule has 1 aromatic rings. The minimum Gasteiger partial charge on any atom is -0.487 e. The van der Waals surface area contributed by atoms with E-state index in [1.165, 1.54) is 28.3 Å². The van der Waals surface area contributed by atoms with Gasteiger partial charge < -0.3 is 25.2 Å². The molecule has 0 saturated carbocycles. The zero-order valence-corrected chi connectivity index (χ0v) is 20.7. The third-order valence-electron chi connectivity index (χ3n) is 5.42. The predicted octanol–water partition coefficient (Wildman–Crippen LogP) is 1.24. The fourth-order valence-electron chi connectivity index (χ4n) is 3.43. The molecule has 33 heavy (non-hydrogen) atoms. The van der Waals surface area contributed by atoms with Gasteiger partial charge in [-0.1, -0.05) is 25.7 Å². The fraction of sp³-hybridized carbons (Fsp3) is 0.609. The van der Waals surface area contributed by atoms with Crippen molar-refractivity contribution in [2.45, 2.75) is 57.3 Å². The van der Waals surface area contributed by atoms with Gasteiger partial charge in [-0.05, 0) is 38.5 Å². The number of rotatable bonds is 6. The quantitative estimate of drug-likeness (QED) is 0.526. The summed E-state index contributed by atoms with van der Waals surface area (Å²) in [4.78, 5) is 13.9. The zero-order chi connectivity index (χ0) is 24.8. The molecule has 0 bridgehead atoms. The van der Waals surface area contributed by atoms with Gasteiger partial charge in [-0.25, -0.2) is 13.2 Å². The molecule has 3 N–H and O–H groups in total. The predicted molar refractivity (Wildman–Crippen MR) is 125 cm³/mol. The van der Waals surface area contributed by atoms with Crippen molar-refractivity contribution in [3.8, 4) is 17.6 Å². The number of hydrogen-bond acceptors (Lipinski definition) is 6. The zero-order valence-electron chi connectivity index (χ0n) is 19.9. The van der Waals surface area contributed by atoms with Gasteiger partial charge in [-0.2, -0.15) is 4.31 Å². The first kappa shape index (κ1) is 26.9. The van der Waals surface area contributed by atoms with E-state index in [1.54, 1.807) is 20.0 Å². The van der Waals surface area contributed by atoms with Gasteiger partial charge in [0, 0.05) is 37.7 Å². The van der Waals surface area contributed by atoms with E-state index in [9.17, 15) is 23.4 Å². The molecule has 2 rings (SSSR count). The molecule has 4 atom stereocenters. The number of urea groups is 1. The van der Waals surface area contributed by atoms with Crippen LogP contribution in [0.1, 0.15) is 39.7 Å². The van der Waals surface area contributed by atoms with Crippen molar-refractivity contribution in [1.82, 2.24) is 14.5 Å². The van der Waals surface area contributed by atoms with Crippen LogP contribution >= 0.6 is 0 Å². The van der Waals surface area contributed by atoms with Crippen molar-refractivity contribution in [2.75, 3.05) is 33.3 Å². The van der Waals surface area contributed by atoms with Crippen molar-refractivity contribution in [1.29, 1.82) is 0 Å². The van der Waals surface area contributed by atoms with Gasteiger partial charge in [-0.15, -0.1) is 0 Å². The molecular formula is C23H35N3O6S. The highest BCUT2D eigenvalue weighted by Crippen LogP contribution is 2.34. The number of amides is 2. The molecule has 0 aliphatic carbocycles. The maximum Gasteiger partial charge on any atom is 0.317 e. The summed E-state index contributed by atoms with van der Waals surface area (Å²) >= 11 is 0. The molecule has 0 saturated heterocycles.